The van der Waals surface area contributed by atoms with Crippen LogP contribution < -0.4 is 0 Å². The second-order valence-corrected chi connectivity index (χ2v) is 16.5. The molecule has 0 aliphatic carbocycles. The average Bonchev–Trinajstić information content (AvgIpc) is 3.78. The maximum absolute atomic E-state index is 2.43. The molecule has 0 unspecified atom stereocenters. The van der Waals surface area contributed by atoms with Gasteiger partial charge in [0, 0.05) is 40.3 Å². The second-order valence-electron chi connectivity index (χ2n) is 14.4. The van der Waals surface area contributed by atoms with Gasteiger partial charge in [0.1, 0.15) is 0 Å². The molecule has 12 aromatic rings. The lowest BCUT2D eigenvalue weighted by atomic mass is 9.84. The van der Waals surface area contributed by atoms with Crippen LogP contribution in [-0.2, 0) is 0 Å². The van der Waals surface area contributed by atoms with Crippen molar-refractivity contribution in [1.29, 1.82) is 0 Å². The van der Waals surface area contributed by atoms with Gasteiger partial charge in [0.15, 0.2) is 0 Å². The zero-order valence-corrected chi connectivity index (χ0v) is 30.8. The number of thiophene rings is 2. The molecule has 250 valence electrons. The fraction of sp³-hybridized carbons (Fsp3) is 0. The third-order valence-electron chi connectivity index (χ3n) is 11.4. The summed E-state index contributed by atoms with van der Waals surface area (Å²) >= 11 is 3.79. The van der Waals surface area contributed by atoms with Gasteiger partial charge in [-0.05, 0) is 107 Å². The maximum Gasteiger partial charge on any atom is 0.0362 e. The van der Waals surface area contributed by atoms with Gasteiger partial charge in [0.05, 0.1) is 0 Å². The van der Waals surface area contributed by atoms with Gasteiger partial charge in [-0.2, -0.15) is 0 Å². The van der Waals surface area contributed by atoms with E-state index in [9.17, 15) is 0 Å². The van der Waals surface area contributed by atoms with Crippen LogP contribution in [0.5, 0.6) is 0 Å². The van der Waals surface area contributed by atoms with E-state index >= 15 is 0 Å². The smallest absolute Gasteiger partial charge is 0.0362 e. The molecule has 0 aliphatic rings. The highest BCUT2D eigenvalue weighted by atomic mass is 32.1. The molecule has 0 amide bonds. The normalized spacial score (nSPS) is 12.1. The molecule has 54 heavy (non-hydrogen) atoms. The van der Waals surface area contributed by atoms with Crippen LogP contribution in [0.15, 0.2) is 182 Å². The first kappa shape index (κ1) is 30.2. The van der Waals surface area contributed by atoms with E-state index in [2.05, 4.69) is 182 Å². The van der Waals surface area contributed by atoms with Crippen LogP contribution in [0.3, 0.4) is 0 Å². The molecule has 0 aliphatic heterocycles. The van der Waals surface area contributed by atoms with E-state index in [-0.39, 0.29) is 0 Å². The minimum atomic E-state index is 1.26. The first-order valence-corrected chi connectivity index (χ1v) is 20.1. The fourth-order valence-corrected chi connectivity index (χ4v) is 11.3. The summed E-state index contributed by atoms with van der Waals surface area (Å²) in [5, 5.41) is 15.6. The molecule has 12 rings (SSSR count). The van der Waals surface area contributed by atoms with Gasteiger partial charge >= 0.3 is 0 Å². The number of hydrogen-bond donors (Lipinski definition) is 0. The van der Waals surface area contributed by atoms with Gasteiger partial charge in [-0.15, -0.1) is 22.7 Å². The zero-order valence-electron chi connectivity index (χ0n) is 29.1. The molecular formula is C52H30S2. The van der Waals surface area contributed by atoms with Gasteiger partial charge in [-0.25, -0.2) is 0 Å². The van der Waals surface area contributed by atoms with Crippen LogP contribution >= 0.6 is 22.7 Å². The van der Waals surface area contributed by atoms with Crippen molar-refractivity contribution in [1.82, 2.24) is 0 Å². The van der Waals surface area contributed by atoms with Crippen molar-refractivity contribution >= 4 is 106 Å². The lowest BCUT2D eigenvalue weighted by Gasteiger charge is -2.18. The van der Waals surface area contributed by atoms with E-state index in [1.807, 2.05) is 22.7 Å². The van der Waals surface area contributed by atoms with E-state index < -0.39 is 0 Å². The minimum absolute atomic E-state index is 1.26. The van der Waals surface area contributed by atoms with Crippen molar-refractivity contribution in [2.24, 2.45) is 0 Å². The molecular weight excluding hydrogens is 689 g/mol. The Kier molecular flexibility index (Phi) is 6.48. The molecule has 10 aromatic carbocycles. The number of rotatable bonds is 3. The molecule has 2 aromatic heterocycles. The van der Waals surface area contributed by atoms with Crippen LogP contribution in [0, 0.1) is 0 Å². The van der Waals surface area contributed by atoms with E-state index in [1.54, 1.807) is 0 Å². The maximum atomic E-state index is 2.43. The van der Waals surface area contributed by atoms with Crippen LogP contribution in [0.1, 0.15) is 0 Å². The summed E-state index contributed by atoms with van der Waals surface area (Å²) < 4.78 is 5.32. The molecule has 0 atom stereocenters. The van der Waals surface area contributed by atoms with Gasteiger partial charge < -0.3 is 0 Å². The summed E-state index contributed by atoms with van der Waals surface area (Å²) in [7, 11) is 0. The number of hydrogen-bond acceptors (Lipinski definition) is 2. The highest BCUT2D eigenvalue weighted by Gasteiger charge is 2.19. The Balaban J connectivity index is 1.04. The van der Waals surface area contributed by atoms with Crippen molar-refractivity contribution in [2.75, 3.05) is 0 Å². The SMILES string of the molecule is c1cc(-c2ccc3c(c2)sc2cc(-c4c5ccccc5c(-c5cccc6ccccc56)c5ccccc45)ccc23)c2cc3sc4ccccc4c3cc2c1. The summed E-state index contributed by atoms with van der Waals surface area (Å²) in [4.78, 5) is 0. The Bertz CT molecular complexity index is 3440. The van der Waals surface area contributed by atoms with Gasteiger partial charge in [-0.3, -0.25) is 0 Å². The summed E-state index contributed by atoms with van der Waals surface area (Å²) in [5.41, 5.74) is 7.69. The molecule has 0 bridgehead atoms. The summed E-state index contributed by atoms with van der Waals surface area (Å²) in [6, 6.07) is 67.9. The standard InChI is InChI=1S/C52H30S2/c1-2-14-35-31(11-1)12-9-21-40(35)52-43-18-5-3-16-41(43)51(42-17-4-6-19-44(42)52)34-24-26-39-38-25-23-33(28-48(38)54-49(39)29-34)36-20-10-13-32-27-46-37-15-7-8-22-47(37)53-50(46)30-45(32)36/h1-30H. The third-order valence-corrected chi connectivity index (χ3v) is 13.7. The summed E-state index contributed by atoms with van der Waals surface area (Å²) in [6.07, 6.45) is 0. The van der Waals surface area contributed by atoms with Gasteiger partial charge in [0.2, 0.25) is 0 Å². The summed E-state index contributed by atoms with van der Waals surface area (Å²) in [5.74, 6) is 0. The Labute approximate surface area is 319 Å². The third kappa shape index (κ3) is 4.42. The topological polar surface area (TPSA) is 0 Å². The first-order valence-electron chi connectivity index (χ1n) is 18.5. The molecule has 0 spiro atoms. The molecule has 0 N–H and O–H groups in total. The monoisotopic (exact) mass is 718 g/mol. The van der Waals surface area contributed by atoms with Gasteiger partial charge in [0.25, 0.3) is 0 Å². The highest BCUT2D eigenvalue weighted by molar-refractivity contribution is 7.26. The zero-order chi connectivity index (χ0) is 35.3. The molecule has 0 radical (unpaired) electrons. The molecule has 0 saturated heterocycles. The van der Waals surface area contributed by atoms with Crippen LogP contribution in [0.4, 0.5) is 0 Å². The minimum Gasteiger partial charge on any atom is -0.135 e. The Morgan fingerprint density at radius 3 is 1.48 bits per heavy atom. The molecule has 0 fully saturated rings. The number of fused-ring (bicyclic) bond motifs is 10. The predicted octanol–water partition coefficient (Wildman–Crippen LogP) is 16.0. The highest BCUT2D eigenvalue weighted by Crippen LogP contribution is 2.47. The first-order chi connectivity index (χ1) is 26.8. The van der Waals surface area contributed by atoms with E-state index in [0.717, 1.165) is 0 Å². The van der Waals surface area contributed by atoms with Crippen LogP contribution in [0.2, 0.25) is 0 Å². The lowest BCUT2D eigenvalue weighted by Crippen LogP contribution is -1.91. The predicted molar refractivity (Wildman–Crippen MR) is 239 cm³/mol. The fourth-order valence-electron chi connectivity index (χ4n) is 9.02. The Morgan fingerprint density at radius 2 is 0.741 bits per heavy atom. The van der Waals surface area contributed by atoms with E-state index in [0.29, 0.717) is 0 Å². The van der Waals surface area contributed by atoms with Crippen LogP contribution in [-0.4, -0.2) is 0 Å². The van der Waals surface area contributed by atoms with Crippen molar-refractivity contribution in [2.45, 2.75) is 0 Å². The van der Waals surface area contributed by atoms with Crippen molar-refractivity contribution in [3.05, 3.63) is 182 Å². The summed E-state index contributed by atoms with van der Waals surface area (Å²) in [6.45, 7) is 0. The van der Waals surface area contributed by atoms with Crippen molar-refractivity contribution < 1.29 is 0 Å². The Morgan fingerprint density at radius 1 is 0.241 bits per heavy atom. The van der Waals surface area contributed by atoms with Crippen molar-refractivity contribution in [3.63, 3.8) is 0 Å². The molecule has 2 heterocycles. The quantitative estimate of drug-likeness (QED) is 0.160. The van der Waals surface area contributed by atoms with Crippen molar-refractivity contribution in [3.8, 4) is 33.4 Å². The average molecular weight is 719 g/mol. The van der Waals surface area contributed by atoms with E-state index in [1.165, 1.54) is 117 Å². The van der Waals surface area contributed by atoms with Crippen LogP contribution in [0.25, 0.3) is 117 Å². The molecule has 0 nitrogen and oxygen atoms in total. The largest absolute Gasteiger partial charge is 0.135 e. The van der Waals surface area contributed by atoms with E-state index in [4.69, 9.17) is 0 Å². The second kappa shape index (κ2) is 11.6. The van der Waals surface area contributed by atoms with Gasteiger partial charge in [-0.1, -0.05) is 152 Å². The Hall–Kier alpha value is -6.32. The lowest BCUT2D eigenvalue weighted by molar-refractivity contribution is 1.69. The molecule has 2 heteroatoms. The molecule has 0 saturated carbocycles. The number of benzene rings is 10.